The van der Waals surface area contributed by atoms with Gasteiger partial charge in [0, 0.05) is 31.8 Å². The standard InChI is InChI=1S/C23H32N4O4/c1-5-25-23(26-10-9-16-7-6-8-17(11-16)22(29)24-2)27-15-21(28)18-12-19(30-3)14-20(13-18)31-4/h6-8,11-14,21,28H,5,9-10,15H2,1-4H3,(H,24,29)(H2,25,26,27). The number of ether oxygens (including phenoxy) is 2. The van der Waals surface area contributed by atoms with Crippen LogP contribution in [0.1, 0.15) is 34.5 Å². The summed E-state index contributed by atoms with van der Waals surface area (Å²) in [6, 6.07) is 12.8. The van der Waals surface area contributed by atoms with Crippen molar-refractivity contribution < 1.29 is 19.4 Å². The maximum absolute atomic E-state index is 11.8. The molecule has 168 valence electrons. The molecule has 1 amide bonds. The molecular weight excluding hydrogens is 396 g/mol. The zero-order chi connectivity index (χ0) is 22.6. The van der Waals surface area contributed by atoms with Crippen LogP contribution in [-0.4, -0.2) is 57.9 Å². The van der Waals surface area contributed by atoms with E-state index < -0.39 is 6.10 Å². The lowest BCUT2D eigenvalue weighted by Crippen LogP contribution is -2.38. The quantitative estimate of drug-likeness (QED) is 0.340. The van der Waals surface area contributed by atoms with E-state index >= 15 is 0 Å². The highest BCUT2D eigenvalue weighted by atomic mass is 16.5. The maximum atomic E-state index is 11.8. The highest BCUT2D eigenvalue weighted by Gasteiger charge is 2.11. The smallest absolute Gasteiger partial charge is 0.251 e. The fourth-order valence-corrected chi connectivity index (χ4v) is 2.98. The number of benzene rings is 2. The number of carbonyl (C=O) groups is 1. The Bertz CT molecular complexity index is 863. The van der Waals surface area contributed by atoms with Gasteiger partial charge in [0.25, 0.3) is 5.91 Å². The average molecular weight is 429 g/mol. The van der Waals surface area contributed by atoms with Crippen LogP contribution in [0.3, 0.4) is 0 Å². The van der Waals surface area contributed by atoms with Crippen molar-refractivity contribution in [2.24, 2.45) is 4.99 Å². The summed E-state index contributed by atoms with van der Waals surface area (Å²) in [4.78, 5) is 16.3. The number of nitrogens with zero attached hydrogens (tertiary/aromatic N) is 1. The molecule has 31 heavy (non-hydrogen) atoms. The predicted octanol–water partition coefficient (Wildman–Crippen LogP) is 1.89. The number of aliphatic hydroxyl groups is 1. The van der Waals surface area contributed by atoms with Gasteiger partial charge in [0.1, 0.15) is 11.5 Å². The van der Waals surface area contributed by atoms with Gasteiger partial charge in [-0.1, -0.05) is 12.1 Å². The van der Waals surface area contributed by atoms with Crippen LogP contribution in [0.4, 0.5) is 0 Å². The van der Waals surface area contributed by atoms with E-state index in [1.54, 1.807) is 45.5 Å². The summed E-state index contributed by atoms with van der Waals surface area (Å²) in [5.41, 5.74) is 2.35. The molecule has 4 N–H and O–H groups in total. The number of nitrogens with one attached hydrogen (secondary N) is 3. The molecule has 8 heteroatoms. The average Bonchev–Trinajstić information content (AvgIpc) is 2.81. The van der Waals surface area contributed by atoms with Gasteiger partial charge < -0.3 is 30.5 Å². The van der Waals surface area contributed by atoms with E-state index in [0.29, 0.717) is 41.7 Å². The Morgan fingerprint density at radius 3 is 2.42 bits per heavy atom. The van der Waals surface area contributed by atoms with Gasteiger partial charge in [0.15, 0.2) is 5.96 Å². The lowest BCUT2D eigenvalue weighted by molar-refractivity contribution is 0.0963. The van der Waals surface area contributed by atoms with Gasteiger partial charge in [-0.15, -0.1) is 0 Å². The highest BCUT2D eigenvalue weighted by Crippen LogP contribution is 2.26. The van der Waals surface area contributed by atoms with Crippen LogP contribution < -0.4 is 25.4 Å². The minimum absolute atomic E-state index is 0.104. The molecule has 0 radical (unpaired) electrons. The van der Waals surface area contributed by atoms with Crippen LogP contribution in [-0.2, 0) is 6.42 Å². The molecule has 0 aliphatic carbocycles. The molecule has 0 heterocycles. The third-order valence-electron chi connectivity index (χ3n) is 4.65. The highest BCUT2D eigenvalue weighted by molar-refractivity contribution is 5.94. The second-order valence-corrected chi connectivity index (χ2v) is 6.84. The first-order valence-electron chi connectivity index (χ1n) is 10.2. The SMILES string of the molecule is CCNC(=NCC(O)c1cc(OC)cc(OC)c1)NCCc1cccc(C(=O)NC)c1. The molecular formula is C23H32N4O4. The number of aliphatic hydroxyl groups excluding tert-OH is 1. The molecule has 0 aliphatic heterocycles. The molecule has 0 fully saturated rings. The molecule has 2 rings (SSSR count). The number of aliphatic imine (C=N–C) groups is 1. The lowest BCUT2D eigenvalue weighted by Gasteiger charge is -2.15. The monoisotopic (exact) mass is 428 g/mol. The number of carbonyl (C=O) groups excluding carboxylic acids is 1. The van der Waals surface area contributed by atoms with Gasteiger partial charge in [0.05, 0.1) is 26.9 Å². The van der Waals surface area contributed by atoms with Crippen LogP contribution in [0.25, 0.3) is 0 Å². The minimum atomic E-state index is -0.802. The van der Waals surface area contributed by atoms with E-state index in [1.807, 2.05) is 25.1 Å². The first kappa shape index (κ1) is 24.0. The molecule has 8 nitrogen and oxygen atoms in total. The minimum Gasteiger partial charge on any atom is -0.497 e. The molecule has 1 unspecified atom stereocenters. The first-order valence-corrected chi connectivity index (χ1v) is 10.2. The van der Waals surface area contributed by atoms with Crippen LogP contribution >= 0.6 is 0 Å². The van der Waals surface area contributed by atoms with E-state index in [-0.39, 0.29) is 12.5 Å². The topological polar surface area (TPSA) is 104 Å². The van der Waals surface area contributed by atoms with E-state index in [1.165, 1.54) is 0 Å². The van der Waals surface area contributed by atoms with Crippen molar-refractivity contribution in [1.82, 2.24) is 16.0 Å². The van der Waals surface area contributed by atoms with Gasteiger partial charge in [-0.2, -0.15) is 0 Å². The molecule has 2 aromatic carbocycles. The predicted molar refractivity (Wildman–Crippen MR) is 122 cm³/mol. The second-order valence-electron chi connectivity index (χ2n) is 6.84. The van der Waals surface area contributed by atoms with Crippen molar-refractivity contribution >= 4 is 11.9 Å². The summed E-state index contributed by atoms with van der Waals surface area (Å²) < 4.78 is 10.5. The van der Waals surface area contributed by atoms with Crippen molar-refractivity contribution in [3.8, 4) is 11.5 Å². The number of hydrogen-bond acceptors (Lipinski definition) is 5. The van der Waals surface area contributed by atoms with Crippen LogP contribution in [0.5, 0.6) is 11.5 Å². The Labute approximate surface area is 183 Å². The summed E-state index contributed by atoms with van der Waals surface area (Å²) in [6.07, 6.45) is -0.0751. The summed E-state index contributed by atoms with van der Waals surface area (Å²) in [5, 5.41) is 19.6. The first-order chi connectivity index (χ1) is 15.0. The van der Waals surface area contributed by atoms with Crippen LogP contribution in [0.2, 0.25) is 0 Å². The van der Waals surface area contributed by atoms with E-state index in [0.717, 1.165) is 12.0 Å². The van der Waals surface area contributed by atoms with Gasteiger partial charge in [0.2, 0.25) is 0 Å². The van der Waals surface area contributed by atoms with Crippen molar-refractivity contribution in [2.45, 2.75) is 19.4 Å². The van der Waals surface area contributed by atoms with Crippen molar-refractivity contribution in [3.63, 3.8) is 0 Å². The van der Waals surface area contributed by atoms with E-state index in [9.17, 15) is 9.90 Å². The Hall–Kier alpha value is -3.26. The molecule has 0 spiro atoms. The van der Waals surface area contributed by atoms with Gasteiger partial charge >= 0.3 is 0 Å². The van der Waals surface area contributed by atoms with E-state index in [2.05, 4.69) is 20.9 Å². The molecule has 1 atom stereocenters. The number of rotatable bonds is 10. The molecule has 0 saturated carbocycles. The summed E-state index contributed by atoms with van der Waals surface area (Å²) in [5.74, 6) is 1.73. The van der Waals surface area contributed by atoms with Gasteiger partial charge in [-0.3, -0.25) is 9.79 Å². The second kappa shape index (κ2) is 12.4. The molecule has 0 bridgehead atoms. The van der Waals surface area contributed by atoms with Crippen molar-refractivity contribution in [1.29, 1.82) is 0 Å². The van der Waals surface area contributed by atoms with Crippen molar-refractivity contribution in [3.05, 3.63) is 59.2 Å². The number of guanidine groups is 1. The van der Waals surface area contributed by atoms with Gasteiger partial charge in [-0.05, 0) is 48.7 Å². The number of methoxy groups -OCH3 is 2. The zero-order valence-corrected chi connectivity index (χ0v) is 18.6. The molecule has 0 aromatic heterocycles. The number of hydrogen-bond donors (Lipinski definition) is 4. The zero-order valence-electron chi connectivity index (χ0n) is 18.6. The third kappa shape index (κ3) is 7.49. The maximum Gasteiger partial charge on any atom is 0.251 e. The normalized spacial score (nSPS) is 12.1. The fraction of sp³-hybridized carbons (Fsp3) is 0.391. The Balaban J connectivity index is 1.98. The Morgan fingerprint density at radius 2 is 1.81 bits per heavy atom. The Kier molecular flexibility index (Phi) is 9.64. The lowest BCUT2D eigenvalue weighted by atomic mass is 10.1. The van der Waals surface area contributed by atoms with Gasteiger partial charge in [-0.25, -0.2) is 0 Å². The van der Waals surface area contributed by atoms with E-state index in [4.69, 9.17) is 9.47 Å². The largest absolute Gasteiger partial charge is 0.497 e. The summed E-state index contributed by atoms with van der Waals surface area (Å²) in [6.45, 7) is 3.48. The van der Waals surface area contributed by atoms with Crippen molar-refractivity contribution in [2.75, 3.05) is 40.9 Å². The number of amides is 1. The summed E-state index contributed by atoms with van der Waals surface area (Å²) >= 11 is 0. The van der Waals surface area contributed by atoms with Crippen LogP contribution in [0, 0.1) is 0 Å². The van der Waals surface area contributed by atoms with Crippen LogP contribution in [0.15, 0.2) is 47.5 Å². The third-order valence-corrected chi connectivity index (χ3v) is 4.65. The fourth-order valence-electron chi connectivity index (χ4n) is 2.98. The molecule has 2 aromatic rings. The Morgan fingerprint density at radius 1 is 1.10 bits per heavy atom. The molecule has 0 saturated heterocycles. The molecule has 0 aliphatic rings. The summed E-state index contributed by atoms with van der Waals surface area (Å²) in [7, 11) is 4.76.